The Balaban J connectivity index is 2.05. The first-order chi connectivity index (χ1) is 8.63. The second-order valence-corrected chi connectivity index (χ2v) is 5.67. The van der Waals surface area contributed by atoms with Gasteiger partial charge in [-0.3, -0.25) is 0 Å². The molecule has 0 N–H and O–H groups in total. The van der Waals surface area contributed by atoms with E-state index in [1.807, 2.05) is 23.7 Å². The van der Waals surface area contributed by atoms with Crippen molar-refractivity contribution in [3.05, 3.63) is 24.2 Å². The molecule has 1 saturated heterocycles. The first-order valence-corrected chi connectivity index (χ1v) is 6.70. The van der Waals surface area contributed by atoms with Crippen LogP contribution in [0.25, 0.3) is 5.52 Å². The number of hydrogen-bond donors (Lipinski definition) is 0. The molecule has 0 aromatic carbocycles. The monoisotopic (exact) mass is 244 g/mol. The summed E-state index contributed by atoms with van der Waals surface area (Å²) in [6, 6.07) is 4.13. The molecule has 2 atom stereocenters. The lowest BCUT2D eigenvalue weighted by Gasteiger charge is -2.36. The fourth-order valence-electron chi connectivity index (χ4n) is 3.09. The first kappa shape index (κ1) is 11.5. The van der Waals surface area contributed by atoms with Crippen molar-refractivity contribution in [2.24, 2.45) is 11.8 Å². The number of aryl methyl sites for hydroxylation is 1. The van der Waals surface area contributed by atoms with Crippen LogP contribution in [0.2, 0.25) is 0 Å². The van der Waals surface area contributed by atoms with E-state index in [0.29, 0.717) is 0 Å². The van der Waals surface area contributed by atoms with Crippen LogP contribution < -0.4 is 4.90 Å². The van der Waals surface area contributed by atoms with Gasteiger partial charge in [0.05, 0.1) is 0 Å². The molecule has 0 aliphatic carbocycles. The van der Waals surface area contributed by atoms with E-state index in [1.54, 1.807) is 0 Å². The molecule has 3 heterocycles. The van der Waals surface area contributed by atoms with E-state index in [9.17, 15) is 0 Å². The van der Waals surface area contributed by atoms with E-state index < -0.39 is 0 Å². The lowest BCUT2D eigenvalue weighted by molar-refractivity contribution is 0.355. The number of nitrogens with zero attached hydrogens (tertiary/aromatic N) is 4. The van der Waals surface area contributed by atoms with Crippen molar-refractivity contribution in [2.75, 3.05) is 18.0 Å². The summed E-state index contributed by atoms with van der Waals surface area (Å²) in [6.45, 7) is 8.81. The van der Waals surface area contributed by atoms with Gasteiger partial charge in [0.2, 0.25) is 0 Å². The van der Waals surface area contributed by atoms with Gasteiger partial charge in [0.15, 0.2) is 5.82 Å². The maximum Gasteiger partial charge on any atom is 0.156 e. The Morgan fingerprint density at radius 1 is 1.22 bits per heavy atom. The fourth-order valence-corrected chi connectivity index (χ4v) is 3.09. The number of aromatic nitrogens is 3. The molecule has 1 aliphatic heterocycles. The van der Waals surface area contributed by atoms with Gasteiger partial charge >= 0.3 is 0 Å². The predicted octanol–water partition coefficient (Wildman–Crippen LogP) is 2.52. The molecule has 0 spiro atoms. The minimum Gasteiger partial charge on any atom is -0.354 e. The van der Waals surface area contributed by atoms with E-state index in [0.717, 1.165) is 42.1 Å². The van der Waals surface area contributed by atoms with Gasteiger partial charge in [-0.25, -0.2) is 9.50 Å². The summed E-state index contributed by atoms with van der Waals surface area (Å²) < 4.78 is 1.93. The molecule has 1 fully saturated rings. The Hall–Kier alpha value is -1.58. The Kier molecular flexibility index (Phi) is 2.73. The van der Waals surface area contributed by atoms with Crippen molar-refractivity contribution >= 4 is 11.3 Å². The molecule has 2 aromatic rings. The molecule has 18 heavy (non-hydrogen) atoms. The molecule has 0 saturated carbocycles. The third kappa shape index (κ3) is 1.96. The molecule has 0 amide bonds. The Labute approximate surface area is 108 Å². The summed E-state index contributed by atoms with van der Waals surface area (Å²) in [4.78, 5) is 7.08. The van der Waals surface area contributed by atoms with Crippen LogP contribution in [-0.4, -0.2) is 27.7 Å². The Bertz CT molecular complexity index is 550. The minimum absolute atomic E-state index is 0.735. The van der Waals surface area contributed by atoms with Crippen molar-refractivity contribution in [3.8, 4) is 0 Å². The van der Waals surface area contributed by atoms with Gasteiger partial charge in [0.1, 0.15) is 11.3 Å². The third-order valence-electron chi connectivity index (χ3n) is 3.65. The highest BCUT2D eigenvalue weighted by Crippen LogP contribution is 2.27. The van der Waals surface area contributed by atoms with Gasteiger partial charge in [-0.1, -0.05) is 13.8 Å². The second kappa shape index (κ2) is 4.26. The number of anilines is 1. The van der Waals surface area contributed by atoms with Crippen LogP contribution in [0.3, 0.4) is 0 Å². The normalized spacial score (nSPS) is 24.7. The molecule has 4 heteroatoms. The lowest BCUT2D eigenvalue weighted by Crippen LogP contribution is -2.39. The van der Waals surface area contributed by atoms with Crippen LogP contribution >= 0.6 is 0 Å². The third-order valence-corrected chi connectivity index (χ3v) is 3.65. The molecule has 96 valence electrons. The topological polar surface area (TPSA) is 33.4 Å². The van der Waals surface area contributed by atoms with Crippen molar-refractivity contribution < 1.29 is 0 Å². The fraction of sp³-hybridized carbons (Fsp3) is 0.571. The van der Waals surface area contributed by atoms with Gasteiger partial charge in [-0.2, -0.15) is 5.10 Å². The maximum absolute atomic E-state index is 4.66. The number of fused-ring (bicyclic) bond motifs is 1. The van der Waals surface area contributed by atoms with Crippen molar-refractivity contribution in [1.29, 1.82) is 0 Å². The van der Waals surface area contributed by atoms with Gasteiger partial charge < -0.3 is 4.90 Å². The van der Waals surface area contributed by atoms with Gasteiger partial charge in [-0.15, -0.1) is 0 Å². The first-order valence-electron chi connectivity index (χ1n) is 6.70. The Morgan fingerprint density at radius 2 is 1.94 bits per heavy atom. The summed E-state index contributed by atoms with van der Waals surface area (Å²) in [6.07, 6.45) is 3.31. The summed E-state index contributed by atoms with van der Waals surface area (Å²) in [5.41, 5.74) is 1.11. The van der Waals surface area contributed by atoms with Crippen LogP contribution in [0.15, 0.2) is 18.3 Å². The number of hydrogen-bond acceptors (Lipinski definition) is 3. The largest absolute Gasteiger partial charge is 0.354 e. The highest BCUT2D eigenvalue weighted by Gasteiger charge is 2.24. The molecule has 4 nitrogen and oxygen atoms in total. The standard InChI is InChI=1S/C14H20N4/c1-10-7-11(2)9-17(8-10)14-13-5-4-6-18(13)16-12(3)15-14/h4-6,10-11H,7-9H2,1-3H3/t10-,11+. The predicted molar refractivity (Wildman–Crippen MR) is 72.9 cm³/mol. The highest BCUT2D eigenvalue weighted by molar-refractivity contribution is 5.68. The molecular weight excluding hydrogens is 224 g/mol. The second-order valence-electron chi connectivity index (χ2n) is 5.67. The minimum atomic E-state index is 0.735. The van der Waals surface area contributed by atoms with Crippen molar-refractivity contribution in [2.45, 2.75) is 27.2 Å². The maximum atomic E-state index is 4.66. The quantitative estimate of drug-likeness (QED) is 0.773. The van der Waals surface area contributed by atoms with Gasteiger partial charge in [0.25, 0.3) is 0 Å². The van der Waals surface area contributed by atoms with Crippen LogP contribution in [0.1, 0.15) is 26.1 Å². The van der Waals surface area contributed by atoms with E-state index in [1.165, 1.54) is 6.42 Å². The van der Waals surface area contributed by atoms with Crippen molar-refractivity contribution in [3.63, 3.8) is 0 Å². The van der Waals surface area contributed by atoms with Crippen LogP contribution in [-0.2, 0) is 0 Å². The van der Waals surface area contributed by atoms with Gasteiger partial charge in [-0.05, 0) is 37.3 Å². The molecule has 2 aromatic heterocycles. The highest BCUT2D eigenvalue weighted by atomic mass is 15.3. The molecule has 0 bridgehead atoms. The summed E-state index contributed by atoms with van der Waals surface area (Å²) in [5.74, 6) is 3.39. The SMILES string of the molecule is Cc1nc(N2C[C@H](C)C[C@H](C)C2)c2cccn2n1. The van der Waals surface area contributed by atoms with Crippen LogP contribution in [0.4, 0.5) is 5.82 Å². The zero-order valence-electron chi connectivity index (χ0n) is 11.3. The summed E-state index contributed by atoms with van der Waals surface area (Å²) in [5, 5.41) is 4.41. The molecular formula is C14H20N4. The molecule has 1 aliphatic rings. The summed E-state index contributed by atoms with van der Waals surface area (Å²) >= 11 is 0. The average molecular weight is 244 g/mol. The molecule has 3 rings (SSSR count). The smallest absolute Gasteiger partial charge is 0.156 e. The molecule has 0 radical (unpaired) electrons. The van der Waals surface area contributed by atoms with Gasteiger partial charge in [0, 0.05) is 19.3 Å². The van der Waals surface area contributed by atoms with Crippen LogP contribution in [0.5, 0.6) is 0 Å². The number of piperidine rings is 1. The number of rotatable bonds is 1. The molecule has 0 unspecified atom stereocenters. The zero-order valence-corrected chi connectivity index (χ0v) is 11.3. The summed E-state index contributed by atoms with van der Waals surface area (Å²) in [7, 11) is 0. The Morgan fingerprint density at radius 3 is 2.67 bits per heavy atom. The average Bonchev–Trinajstić information content (AvgIpc) is 2.74. The van der Waals surface area contributed by atoms with E-state index in [2.05, 4.69) is 34.9 Å². The van der Waals surface area contributed by atoms with E-state index in [4.69, 9.17) is 0 Å². The van der Waals surface area contributed by atoms with E-state index >= 15 is 0 Å². The van der Waals surface area contributed by atoms with Crippen molar-refractivity contribution in [1.82, 2.24) is 14.6 Å². The van der Waals surface area contributed by atoms with Crippen LogP contribution in [0, 0.1) is 18.8 Å². The zero-order chi connectivity index (χ0) is 12.7. The van der Waals surface area contributed by atoms with E-state index in [-0.39, 0.29) is 0 Å². The lowest BCUT2D eigenvalue weighted by atomic mass is 9.92.